The minimum atomic E-state index is -4.58. The quantitative estimate of drug-likeness (QED) is 0.493. The van der Waals surface area contributed by atoms with Gasteiger partial charge in [-0.2, -0.15) is 13.2 Å². The van der Waals surface area contributed by atoms with Crippen molar-refractivity contribution >= 4 is 20.0 Å². The van der Waals surface area contributed by atoms with Crippen LogP contribution < -0.4 is 9.44 Å². The first-order chi connectivity index (χ1) is 16.1. The topological polar surface area (TPSA) is 113 Å². The largest absolute Gasteiger partial charge is 0.416 e. The van der Waals surface area contributed by atoms with Gasteiger partial charge in [0.15, 0.2) is 0 Å². The van der Waals surface area contributed by atoms with Crippen LogP contribution in [0.15, 0.2) is 29.2 Å². The third kappa shape index (κ3) is 5.01. The lowest BCUT2D eigenvalue weighted by Gasteiger charge is -2.41. The molecule has 1 aromatic rings. The van der Waals surface area contributed by atoms with Crippen molar-refractivity contribution in [1.82, 2.24) is 9.44 Å². The second-order valence-electron chi connectivity index (χ2n) is 10.9. The molecule has 0 aromatic heterocycles. The highest BCUT2D eigenvalue weighted by molar-refractivity contribution is 7.89. The minimum absolute atomic E-state index is 0.223. The second kappa shape index (κ2) is 8.97. The lowest BCUT2D eigenvalue weighted by atomic mass is 9.70. The van der Waals surface area contributed by atoms with Gasteiger partial charge in [-0.1, -0.05) is 26.7 Å². The van der Waals surface area contributed by atoms with Crippen LogP contribution in [0.2, 0.25) is 0 Å². The van der Waals surface area contributed by atoms with E-state index in [9.17, 15) is 35.1 Å². The molecule has 3 aliphatic carbocycles. The Morgan fingerprint density at radius 2 is 1.54 bits per heavy atom. The molecule has 35 heavy (non-hydrogen) atoms. The number of fused-ring (bicyclic) bond motifs is 2. The molecule has 0 radical (unpaired) electrons. The van der Waals surface area contributed by atoms with Gasteiger partial charge in [-0.3, -0.25) is 0 Å². The summed E-state index contributed by atoms with van der Waals surface area (Å²) in [6.07, 6.45) is -0.962. The van der Waals surface area contributed by atoms with Crippen LogP contribution in [0.1, 0.15) is 64.4 Å². The summed E-state index contributed by atoms with van der Waals surface area (Å²) in [7, 11) is -8.02. The number of aliphatic hydroxyl groups is 1. The molecule has 3 fully saturated rings. The van der Waals surface area contributed by atoms with Crippen LogP contribution in [0.5, 0.6) is 0 Å². The number of alkyl halides is 3. The van der Waals surface area contributed by atoms with Gasteiger partial charge in [-0.05, 0) is 67.7 Å². The van der Waals surface area contributed by atoms with Gasteiger partial charge in [-0.15, -0.1) is 0 Å². The molecular weight excluding hydrogens is 505 g/mol. The summed E-state index contributed by atoms with van der Waals surface area (Å²) in [5, 5.41) is 10.7. The molecule has 5 atom stereocenters. The smallest absolute Gasteiger partial charge is 0.392 e. The Hall–Kier alpha value is -1.21. The van der Waals surface area contributed by atoms with Crippen molar-refractivity contribution < 1.29 is 35.1 Å². The summed E-state index contributed by atoms with van der Waals surface area (Å²) in [4.78, 5) is -0.315. The summed E-state index contributed by atoms with van der Waals surface area (Å²) in [5.74, 6) is 0.0465. The van der Waals surface area contributed by atoms with Crippen LogP contribution in [0.3, 0.4) is 0 Å². The van der Waals surface area contributed by atoms with E-state index in [1.807, 2.05) is 13.8 Å². The van der Waals surface area contributed by atoms with Crippen molar-refractivity contribution in [3.8, 4) is 0 Å². The monoisotopic (exact) mass is 538 g/mol. The van der Waals surface area contributed by atoms with E-state index in [4.69, 9.17) is 0 Å². The summed E-state index contributed by atoms with van der Waals surface area (Å²) in [6, 6.07) is 1.78. The Morgan fingerprint density at radius 1 is 0.971 bits per heavy atom. The maximum Gasteiger partial charge on any atom is 0.416 e. The first-order valence-corrected chi connectivity index (χ1v) is 15.1. The lowest BCUT2D eigenvalue weighted by molar-refractivity contribution is -0.137. The number of benzene rings is 1. The predicted octanol–water partition coefficient (Wildman–Crippen LogP) is 3.40. The van der Waals surface area contributed by atoms with E-state index >= 15 is 0 Å². The van der Waals surface area contributed by atoms with Crippen molar-refractivity contribution in [2.24, 2.45) is 16.7 Å². The van der Waals surface area contributed by atoms with Crippen LogP contribution in [0.25, 0.3) is 0 Å². The molecule has 3 N–H and O–H groups in total. The summed E-state index contributed by atoms with van der Waals surface area (Å²) < 4.78 is 96.0. The van der Waals surface area contributed by atoms with E-state index in [0.29, 0.717) is 50.7 Å². The Kier molecular flexibility index (Phi) is 6.88. The number of hydrogen-bond acceptors (Lipinski definition) is 5. The van der Waals surface area contributed by atoms with Crippen LogP contribution in [-0.4, -0.2) is 45.9 Å². The zero-order valence-corrected chi connectivity index (χ0v) is 21.4. The maximum atomic E-state index is 13.3. The molecule has 2 bridgehead atoms. The number of hydrogen-bond donors (Lipinski definition) is 3. The van der Waals surface area contributed by atoms with Crippen LogP contribution in [0.4, 0.5) is 13.2 Å². The summed E-state index contributed by atoms with van der Waals surface area (Å²) >= 11 is 0. The number of sulfonamides is 2. The maximum absolute atomic E-state index is 13.3. The van der Waals surface area contributed by atoms with Gasteiger partial charge in [0.1, 0.15) is 0 Å². The Balaban J connectivity index is 1.49. The SMILES string of the molecule is CC1(C)[C@@H]2CC[C@@]1(CS(=O)(=O)N[C@H]1CCCC[C@@H]1NS(=O)(=O)c1ccc(C(F)(F)F)cc1)[C@H](O)C2. The van der Waals surface area contributed by atoms with Gasteiger partial charge in [0.25, 0.3) is 0 Å². The van der Waals surface area contributed by atoms with E-state index in [2.05, 4.69) is 9.44 Å². The number of nitrogens with one attached hydrogen (secondary N) is 2. The molecule has 7 nitrogen and oxygen atoms in total. The molecular formula is C23H33F3N2O5S2. The lowest BCUT2D eigenvalue weighted by Crippen LogP contribution is -2.55. The Labute approximate surface area is 205 Å². The molecule has 1 aromatic carbocycles. The highest BCUT2D eigenvalue weighted by Gasteiger charge is 2.65. The van der Waals surface area contributed by atoms with Crippen molar-refractivity contribution in [2.75, 3.05) is 5.75 Å². The molecule has 198 valence electrons. The van der Waals surface area contributed by atoms with E-state index in [1.165, 1.54) is 0 Å². The fourth-order valence-corrected chi connectivity index (χ4v) is 10.0. The zero-order valence-electron chi connectivity index (χ0n) is 19.8. The standard InChI is InChI=1S/C23H33F3N2O5S2/c1-21(2)16-11-12-22(21,20(29)13-16)14-34(30,31)27-18-5-3-4-6-19(18)28-35(32,33)17-9-7-15(8-10-17)23(24,25)26/h7-10,16,18-20,27-29H,3-6,11-14H2,1-2H3/t16-,18+,19+,20-,22-/m1/s1. The third-order valence-corrected chi connectivity index (χ3v) is 11.8. The third-order valence-electron chi connectivity index (χ3n) is 8.73. The fraction of sp³-hybridized carbons (Fsp3) is 0.739. The second-order valence-corrected chi connectivity index (χ2v) is 14.4. The van der Waals surface area contributed by atoms with Gasteiger partial charge in [-0.25, -0.2) is 26.3 Å². The minimum Gasteiger partial charge on any atom is -0.392 e. The van der Waals surface area contributed by atoms with Crippen molar-refractivity contribution in [3.63, 3.8) is 0 Å². The summed E-state index contributed by atoms with van der Waals surface area (Å²) in [5.41, 5.74) is -2.02. The van der Waals surface area contributed by atoms with Crippen LogP contribution in [0, 0.1) is 16.7 Å². The van der Waals surface area contributed by atoms with Gasteiger partial charge in [0, 0.05) is 17.5 Å². The molecule has 0 saturated heterocycles. The zero-order chi connectivity index (χ0) is 25.9. The van der Waals surface area contributed by atoms with Crippen molar-refractivity contribution in [3.05, 3.63) is 29.8 Å². The molecule has 0 heterocycles. The number of halogens is 3. The number of rotatable bonds is 7. The Morgan fingerprint density at radius 3 is 2.03 bits per heavy atom. The van der Waals surface area contributed by atoms with Crippen LogP contribution in [-0.2, 0) is 26.2 Å². The molecule has 0 unspecified atom stereocenters. The first kappa shape index (κ1) is 26.8. The molecule has 12 heteroatoms. The molecule has 3 aliphatic rings. The highest BCUT2D eigenvalue weighted by atomic mass is 32.2. The molecule has 4 rings (SSSR count). The van der Waals surface area contributed by atoms with E-state index in [1.54, 1.807) is 0 Å². The Bertz CT molecular complexity index is 1150. The van der Waals surface area contributed by atoms with Crippen molar-refractivity contribution in [2.45, 2.75) is 88.1 Å². The van der Waals surface area contributed by atoms with Crippen LogP contribution >= 0.6 is 0 Å². The molecule has 3 saturated carbocycles. The van der Waals surface area contributed by atoms with Gasteiger partial charge in [0.2, 0.25) is 20.0 Å². The molecule has 0 spiro atoms. The van der Waals surface area contributed by atoms with Gasteiger partial charge >= 0.3 is 6.18 Å². The van der Waals surface area contributed by atoms with Gasteiger partial charge < -0.3 is 5.11 Å². The predicted molar refractivity (Wildman–Crippen MR) is 124 cm³/mol. The molecule has 0 aliphatic heterocycles. The average Bonchev–Trinajstić information content (AvgIpc) is 3.08. The van der Waals surface area contributed by atoms with E-state index in [-0.39, 0.29) is 22.0 Å². The van der Waals surface area contributed by atoms with E-state index < -0.39 is 55.4 Å². The number of aliphatic hydroxyl groups excluding tert-OH is 1. The first-order valence-electron chi connectivity index (χ1n) is 12.0. The highest BCUT2D eigenvalue weighted by Crippen LogP contribution is 2.66. The van der Waals surface area contributed by atoms with E-state index in [0.717, 1.165) is 18.6 Å². The van der Waals surface area contributed by atoms with Crippen molar-refractivity contribution in [1.29, 1.82) is 0 Å². The van der Waals surface area contributed by atoms with Gasteiger partial charge in [0.05, 0.1) is 22.3 Å². The normalized spacial score (nSPS) is 33.2. The molecule has 0 amide bonds. The fourth-order valence-electron chi connectivity index (χ4n) is 6.49. The average molecular weight is 539 g/mol. The summed E-state index contributed by atoms with van der Waals surface area (Å²) in [6.45, 7) is 4.02.